The summed E-state index contributed by atoms with van der Waals surface area (Å²) in [4.78, 5) is 20.1. The summed E-state index contributed by atoms with van der Waals surface area (Å²) in [6.45, 7) is 5.06. The Labute approximate surface area is 198 Å². The van der Waals surface area contributed by atoms with E-state index < -0.39 is 10.0 Å². The Morgan fingerprint density at radius 2 is 1.76 bits per heavy atom. The minimum atomic E-state index is -3.64. The van der Waals surface area contributed by atoms with Crippen LogP contribution in [-0.2, 0) is 14.8 Å². The molecule has 0 spiro atoms. The third-order valence-electron chi connectivity index (χ3n) is 6.23. The van der Waals surface area contributed by atoms with Crippen LogP contribution in [0.1, 0.15) is 48.1 Å². The molecule has 2 saturated heterocycles. The molecule has 2 aliphatic rings. The number of amides is 1. The first-order chi connectivity index (χ1) is 15.8. The molecule has 1 aromatic heterocycles. The van der Waals surface area contributed by atoms with Crippen molar-refractivity contribution in [2.24, 2.45) is 0 Å². The highest BCUT2D eigenvalue weighted by Gasteiger charge is 2.34. The van der Waals surface area contributed by atoms with E-state index in [1.165, 1.54) is 16.4 Å². The van der Waals surface area contributed by atoms with Crippen molar-refractivity contribution < 1.29 is 17.9 Å². The van der Waals surface area contributed by atoms with Gasteiger partial charge in [-0.3, -0.25) is 4.79 Å². The van der Waals surface area contributed by atoms with Crippen LogP contribution in [0.15, 0.2) is 53.4 Å². The molecule has 0 aliphatic carbocycles. The molecule has 3 heterocycles. The lowest BCUT2D eigenvalue weighted by Crippen LogP contribution is -2.48. The quantitative estimate of drug-likeness (QED) is 0.557. The third kappa shape index (κ3) is 4.30. The van der Waals surface area contributed by atoms with Crippen LogP contribution in [0.5, 0.6) is 0 Å². The van der Waals surface area contributed by atoms with Crippen LogP contribution < -0.4 is 0 Å². The van der Waals surface area contributed by atoms with Crippen LogP contribution in [0, 0.1) is 0 Å². The fourth-order valence-electron chi connectivity index (χ4n) is 4.71. The van der Waals surface area contributed by atoms with Crippen LogP contribution in [0.3, 0.4) is 0 Å². The van der Waals surface area contributed by atoms with Gasteiger partial charge in [-0.15, -0.1) is 11.3 Å². The van der Waals surface area contributed by atoms with Gasteiger partial charge in [0.15, 0.2) is 0 Å². The van der Waals surface area contributed by atoms with E-state index in [0.717, 1.165) is 28.1 Å². The van der Waals surface area contributed by atoms with Gasteiger partial charge in [0.25, 0.3) is 5.91 Å². The molecular formula is C24H27N3O4S2. The SMILES string of the molecule is C[C@@H]1CN(S(=O)(=O)c2ccc(C(=O)N3CCC[C@@H]3c3nc4ccccc4s3)cc2)C[C@H](C)O1. The van der Waals surface area contributed by atoms with Crippen molar-refractivity contribution in [2.45, 2.75) is 49.8 Å². The van der Waals surface area contributed by atoms with Crippen molar-refractivity contribution in [3.8, 4) is 0 Å². The van der Waals surface area contributed by atoms with E-state index in [1.807, 2.05) is 43.0 Å². The molecule has 0 saturated carbocycles. The van der Waals surface area contributed by atoms with Crippen molar-refractivity contribution in [1.82, 2.24) is 14.2 Å². The maximum atomic E-state index is 13.3. The second-order valence-electron chi connectivity index (χ2n) is 8.78. The van der Waals surface area contributed by atoms with E-state index in [9.17, 15) is 13.2 Å². The van der Waals surface area contributed by atoms with Crippen LogP contribution in [-0.4, -0.2) is 60.4 Å². The molecule has 5 rings (SSSR count). The predicted octanol–water partition coefficient (Wildman–Crippen LogP) is 4.07. The van der Waals surface area contributed by atoms with E-state index in [-0.39, 0.29) is 29.1 Å². The highest BCUT2D eigenvalue weighted by atomic mass is 32.2. The number of fused-ring (bicyclic) bond motifs is 1. The first kappa shape index (κ1) is 22.5. The Hall–Kier alpha value is -2.33. The fourth-order valence-corrected chi connectivity index (χ4v) is 7.42. The van der Waals surface area contributed by atoms with Gasteiger partial charge in [0.05, 0.1) is 33.4 Å². The number of rotatable bonds is 4. The molecule has 0 N–H and O–H groups in total. The zero-order valence-corrected chi connectivity index (χ0v) is 20.3. The number of likely N-dealkylation sites (tertiary alicyclic amines) is 1. The second kappa shape index (κ2) is 8.79. The lowest BCUT2D eigenvalue weighted by molar-refractivity contribution is -0.0440. The number of thiazole rings is 1. The van der Waals surface area contributed by atoms with Crippen LogP contribution in [0.4, 0.5) is 0 Å². The zero-order valence-electron chi connectivity index (χ0n) is 18.7. The Morgan fingerprint density at radius 1 is 1.06 bits per heavy atom. The van der Waals surface area contributed by atoms with E-state index in [2.05, 4.69) is 0 Å². The number of nitrogens with zero attached hydrogens (tertiary/aromatic N) is 3. The van der Waals surface area contributed by atoms with Gasteiger partial charge in [0, 0.05) is 25.2 Å². The van der Waals surface area contributed by atoms with E-state index in [4.69, 9.17) is 9.72 Å². The van der Waals surface area contributed by atoms with Crippen LogP contribution in [0.2, 0.25) is 0 Å². The average Bonchev–Trinajstić information content (AvgIpc) is 3.45. The molecular weight excluding hydrogens is 458 g/mol. The van der Waals surface area contributed by atoms with Crippen LogP contribution >= 0.6 is 11.3 Å². The third-order valence-corrected chi connectivity index (χ3v) is 9.22. The van der Waals surface area contributed by atoms with Gasteiger partial charge in [-0.1, -0.05) is 12.1 Å². The Bertz CT molecular complexity index is 1230. The normalized spacial score (nSPS) is 24.4. The van der Waals surface area contributed by atoms with Crippen molar-refractivity contribution in [1.29, 1.82) is 0 Å². The molecule has 3 aromatic rings. The van der Waals surface area contributed by atoms with Gasteiger partial charge in [-0.25, -0.2) is 13.4 Å². The van der Waals surface area contributed by atoms with Crippen molar-refractivity contribution >= 4 is 37.5 Å². The van der Waals surface area contributed by atoms with Crippen LogP contribution in [0.25, 0.3) is 10.2 Å². The summed E-state index contributed by atoms with van der Waals surface area (Å²) >= 11 is 1.63. The molecule has 7 nitrogen and oxygen atoms in total. The second-order valence-corrected chi connectivity index (χ2v) is 11.8. The highest BCUT2D eigenvalue weighted by Crippen LogP contribution is 2.37. The number of benzene rings is 2. The standard InChI is InChI=1S/C24H27N3O4S2/c1-16-14-26(15-17(2)31-16)33(29,30)19-11-9-18(10-12-19)24(28)27-13-5-7-21(27)23-25-20-6-3-4-8-22(20)32-23/h3-4,6,8-12,16-17,21H,5,7,13-15H2,1-2H3/t16-,17+,21-/m1/s1. The number of carbonyl (C=O) groups is 1. The molecule has 33 heavy (non-hydrogen) atoms. The largest absolute Gasteiger partial charge is 0.373 e. The number of hydrogen-bond acceptors (Lipinski definition) is 6. The first-order valence-electron chi connectivity index (χ1n) is 11.2. The highest BCUT2D eigenvalue weighted by molar-refractivity contribution is 7.89. The molecule has 9 heteroatoms. The Kier molecular flexibility index (Phi) is 5.98. The van der Waals surface area contributed by atoms with E-state index in [1.54, 1.807) is 23.5 Å². The topological polar surface area (TPSA) is 79.8 Å². The summed E-state index contributed by atoms with van der Waals surface area (Å²) in [5.74, 6) is -0.0886. The van der Waals surface area contributed by atoms with Gasteiger partial charge in [-0.2, -0.15) is 4.31 Å². The van der Waals surface area contributed by atoms with Crippen molar-refractivity contribution in [3.05, 3.63) is 59.1 Å². The van der Waals surface area contributed by atoms with Crippen molar-refractivity contribution in [3.63, 3.8) is 0 Å². The van der Waals surface area contributed by atoms with Gasteiger partial charge < -0.3 is 9.64 Å². The molecule has 3 atom stereocenters. The Balaban J connectivity index is 1.36. The summed E-state index contributed by atoms with van der Waals surface area (Å²) in [6, 6.07) is 14.3. The number of aromatic nitrogens is 1. The molecule has 174 valence electrons. The minimum Gasteiger partial charge on any atom is -0.373 e. The summed E-state index contributed by atoms with van der Waals surface area (Å²) in [5.41, 5.74) is 1.45. The maximum Gasteiger partial charge on any atom is 0.254 e. The lowest BCUT2D eigenvalue weighted by atomic mass is 10.1. The van der Waals surface area contributed by atoms with Gasteiger partial charge in [0.2, 0.25) is 10.0 Å². The number of sulfonamides is 1. The number of hydrogen-bond donors (Lipinski definition) is 0. The molecule has 0 bridgehead atoms. The summed E-state index contributed by atoms with van der Waals surface area (Å²) < 4.78 is 34.5. The average molecular weight is 486 g/mol. The molecule has 2 aliphatic heterocycles. The monoisotopic (exact) mass is 485 g/mol. The summed E-state index contributed by atoms with van der Waals surface area (Å²) in [5, 5.41) is 0.955. The van der Waals surface area contributed by atoms with Gasteiger partial charge in [-0.05, 0) is 63.1 Å². The molecule has 2 aromatic carbocycles. The molecule has 2 fully saturated rings. The fraction of sp³-hybridized carbons (Fsp3) is 0.417. The molecule has 1 amide bonds. The molecule has 0 radical (unpaired) electrons. The van der Waals surface area contributed by atoms with E-state index >= 15 is 0 Å². The number of para-hydroxylation sites is 1. The minimum absolute atomic E-state index is 0.0466. The number of morpholine rings is 1. The Morgan fingerprint density at radius 3 is 2.45 bits per heavy atom. The maximum absolute atomic E-state index is 13.3. The summed E-state index contributed by atoms with van der Waals surface area (Å²) in [6.07, 6.45) is 1.50. The zero-order chi connectivity index (χ0) is 23.2. The van der Waals surface area contributed by atoms with Crippen molar-refractivity contribution in [2.75, 3.05) is 19.6 Å². The molecule has 0 unspecified atom stereocenters. The van der Waals surface area contributed by atoms with Gasteiger partial charge in [0.1, 0.15) is 5.01 Å². The lowest BCUT2D eigenvalue weighted by Gasteiger charge is -2.34. The first-order valence-corrected chi connectivity index (χ1v) is 13.5. The number of carbonyl (C=O) groups excluding carboxylic acids is 1. The van der Waals surface area contributed by atoms with E-state index in [0.29, 0.717) is 25.2 Å². The predicted molar refractivity (Wildman–Crippen MR) is 128 cm³/mol. The number of ether oxygens (including phenoxy) is 1. The summed E-state index contributed by atoms with van der Waals surface area (Å²) in [7, 11) is -3.64. The van der Waals surface area contributed by atoms with Gasteiger partial charge >= 0.3 is 0 Å². The smallest absolute Gasteiger partial charge is 0.254 e.